The molecule has 0 bridgehead atoms. The highest BCUT2D eigenvalue weighted by Gasteiger charge is 2.13. The van der Waals surface area contributed by atoms with Gasteiger partial charge in [-0.3, -0.25) is 9.97 Å². The molecule has 2 heterocycles. The first-order chi connectivity index (χ1) is 10.1. The quantitative estimate of drug-likeness (QED) is 0.765. The van der Waals surface area contributed by atoms with E-state index in [0.717, 1.165) is 5.39 Å². The highest BCUT2D eigenvalue weighted by molar-refractivity contribution is 6.36. The minimum atomic E-state index is -1.01. The Morgan fingerprint density at radius 2 is 1.86 bits per heavy atom. The maximum atomic E-state index is 11.2. The van der Waals surface area contributed by atoms with Gasteiger partial charge in [0.25, 0.3) is 0 Å². The number of aromatic carboxylic acids is 1. The molecule has 4 nitrogen and oxygen atoms in total. The summed E-state index contributed by atoms with van der Waals surface area (Å²) in [6.07, 6.45) is 4.64. The predicted molar refractivity (Wildman–Crippen MR) is 82.0 cm³/mol. The molecule has 0 aliphatic heterocycles. The molecule has 2 aromatic heterocycles. The fourth-order valence-electron chi connectivity index (χ4n) is 2.12. The third kappa shape index (κ3) is 2.44. The zero-order chi connectivity index (χ0) is 15.0. The van der Waals surface area contributed by atoms with Crippen LogP contribution in [0.15, 0.2) is 42.9 Å². The summed E-state index contributed by atoms with van der Waals surface area (Å²) in [5.41, 5.74) is 1.42. The maximum absolute atomic E-state index is 11.2. The summed E-state index contributed by atoms with van der Waals surface area (Å²) in [5.74, 6) is -1.01. The number of carbonyl (C=O) groups is 1. The third-order valence-electron chi connectivity index (χ3n) is 3.11. The summed E-state index contributed by atoms with van der Waals surface area (Å²) in [4.78, 5) is 19.4. The molecule has 0 aliphatic rings. The minimum Gasteiger partial charge on any atom is -0.478 e. The van der Waals surface area contributed by atoms with Crippen LogP contribution in [0.4, 0.5) is 0 Å². The van der Waals surface area contributed by atoms with Gasteiger partial charge in [-0.1, -0.05) is 29.3 Å². The Morgan fingerprint density at radius 3 is 2.57 bits per heavy atom. The number of carboxylic acid groups (broad SMARTS) is 1. The van der Waals surface area contributed by atoms with Gasteiger partial charge in [0.05, 0.1) is 21.3 Å². The molecule has 0 spiro atoms. The lowest BCUT2D eigenvalue weighted by Gasteiger charge is -2.09. The van der Waals surface area contributed by atoms with Crippen LogP contribution in [0.2, 0.25) is 10.0 Å². The Balaban J connectivity index is 2.38. The van der Waals surface area contributed by atoms with Crippen LogP contribution < -0.4 is 0 Å². The van der Waals surface area contributed by atoms with E-state index < -0.39 is 5.97 Å². The van der Waals surface area contributed by atoms with Gasteiger partial charge in [-0.25, -0.2) is 4.79 Å². The van der Waals surface area contributed by atoms with E-state index in [9.17, 15) is 4.79 Å². The molecule has 3 aromatic rings. The molecule has 21 heavy (non-hydrogen) atoms. The van der Waals surface area contributed by atoms with Gasteiger partial charge in [-0.2, -0.15) is 0 Å². The molecule has 0 saturated heterocycles. The molecule has 1 aromatic carbocycles. The van der Waals surface area contributed by atoms with Crippen LogP contribution >= 0.6 is 23.2 Å². The van der Waals surface area contributed by atoms with Crippen molar-refractivity contribution >= 4 is 39.9 Å². The first-order valence-electron chi connectivity index (χ1n) is 5.99. The summed E-state index contributed by atoms with van der Waals surface area (Å²) < 4.78 is 0. The summed E-state index contributed by atoms with van der Waals surface area (Å²) >= 11 is 12.3. The number of hydrogen-bond acceptors (Lipinski definition) is 3. The number of halogens is 2. The summed E-state index contributed by atoms with van der Waals surface area (Å²) in [7, 11) is 0. The van der Waals surface area contributed by atoms with Crippen LogP contribution in [0, 0.1) is 0 Å². The van der Waals surface area contributed by atoms with Gasteiger partial charge in [-0.15, -0.1) is 0 Å². The molecule has 0 fully saturated rings. The Hall–Kier alpha value is -2.17. The molecule has 6 heteroatoms. The van der Waals surface area contributed by atoms with Gasteiger partial charge in [-0.05, 0) is 18.2 Å². The average Bonchev–Trinajstić information content (AvgIpc) is 2.48. The summed E-state index contributed by atoms with van der Waals surface area (Å²) in [6.45, 7) is 0. The van der Waals surface area contributed by atoms with E-state index >= 15 is 0 Å². The number of aromatic nitrogens is 2. The molecule has 1 N–H and O–H groups in total. The normalized spacial score (nSPS) is 10.8. The van der Waals surface area contributed by atoms with E-state index in [1.165, 1.54) is 18.5 Å². The van der Waals surface area contributed by atoms with Gasteiger partial charge in [0.2, 0.25) is 0 Å². The number of rotatable bonds is 2. The minimum absolute atomic E-state index is 0.165. The second-order valence-electron chi connectivity index (χ2n) is 4.38. The first-order valence-corrected chi connectivity index (χ1v) is 6.75. The molecular formula is C15H8Cl2N2O2. The number of fused-ring (bicyclic) bond motifs is 1. The summed E-state index contributed by atoms with van der Waals surface area (Å²) in [5, 5.41) is 11.4. The molecule has 104 valence electrons. The second kappa shape index (κ2) is 5.31. The lowest BCUT2D eigenvalue weighted by Crippen LogP contribution is -1.97. The Bertz CT molecular complexity index is 865. The average molecular weight is 319 g/mol. The summed E-state index contributed by atoms with van der Waals surface area (Å²) in [6, 6.07) is 6.45. The molecule has 3 rings (SSSR count). The van der Waals surface area contributed by atoms with Crippen molar-refractivity contribution in [2.45, 2.75) is 0 Å². The number of benzene rings is 1. The molecule has 0 unspecified atom stereocenters. The van der Waals surface area contributed by atoms with E-state index in [1.54, 1.807) is 24.4 Å². The molecule has 0 saturated carbocycles. The Kier molecular flexibility index (Phi) is 3.49. The van der Waals surface area contributed by atoms with Crippen LogP contribution in [-0.2, 0) is 0 Å². The maximum Gasteiger partial charge on any atom is 0.335 e. The highest BCUT2D eigenvalue weighted by atomic mass is 35.5. The van der Waals surface area contributed by atoms with E-state index in [2.05, 4.69) is 9.97 Å². The van der Waals surface area contributed by atoms with E-state index in [4.69, 9.17) is 28.3 Å². The first kappa shape index (κ1) is 13.8. The standard InChI is InChI=1S/C15H8Cl2N2O2/c16-12-6-18-4-3-10(12)14-11-5-8(15(20)21)1-2-9(11)13(17)7-19-14/h1-7H,(H,20,21). The number of carboxylic acids is 1. The topological polar surface area (TPSA) is 63.1 Å². The third-order valence-corrected chi connectivity index (χ3v) is 3.72. The number of pyridine rings is 2. The SMILES string of the molecule is O=C(O)c1ccc2c(Cl)cnc(-c3ccncc3Cl)c2c1. The lowest BCUT2D eigenvalue weighted by molar-refractivity contribution is 0.0697. The molecule has 0 atom stereocenters. The van der Waals surface area contributed by atoms with Crippen LogP contribution in [0.5, 0.6) is 0 Å². The number of nitrogens with zero attached hydrogens (tertiary/aromatic N) is 2. The van der Waals surface area contributed by atoms with Crippen molar-refractivity contribution in [3.05, 3.63) is 58.5 Å². The molecule has 0 aliphatic carbocycles. The molecule has 0 amide bonds. The van der Waals surface area contributed by atoms with Gasteiger partial charge >= 0.3 is 5.97 Å². The predicted octanol–water partition coefficient (Wildman–Crippen LogP) is 4.30. The van der Waals surface area contributed by atoms with E-state index in [1.807, 2.05) is 0 Å². The van der Waals surface area contributed by atoms with Gasteiger partial charge in [0.1, 0.15) is 0 Å². The van der Waals surface area contributed by atoms with Crippen molar-refractivity contribution in [1.82, 2.24) is 9.97 Å². The van der Waals surface area contributed by atoms with Crippen molar-refractivity contribution in [2.24, 2.45) is 0 Å². The van der Waals surface area contributed by atoms with Crippen LogP contribution in [0.3, 0.4) is 0 Å². The lowest BCUT2D eigenvalue weighted by atomic mass is 10.0. The zero-order valence-electron chi connectivity index (χ0n) is 10.5. The van der Waals surface area contributed by atoms with Gasteiger partial charge < -0.3 is 5.11 Å². The van der Waals surface area contributed by atoms with Crippen LogP contribution in [0.25, 0.3) is 22.0 Å². The van der Waals surface area contributed by atoms with Crippen LogP contribution in [0.1, 0.15) is 10.4 Å². The monoisotopic (exact) mass is 318 g/mol. The fraction of sp³-hybridized carbons (Fsp3) is 0. The van der Waals surface area contributed by atoms with Gasteiger partial charge in [0.15, 0.2) is 0 Å². The Morgan fingerprint density at radius 1 is 1.05 bits per heavy atom. The van der Waals surface area contributed by atoms with Crippen LogP contribution in [-0.4, -0.2) is 21.0 Å². The molecular weight excluding hydrogens is 311 g/mol. The van der Waals surface area contributed by atoms with Crippen molar-refractivity contribution in [2.75, 3.05) is 0 Å². The molecule has 0 radical (unpaired) electrons. The van der Waals surface area contributed by atoms with E-state index in [0.29, 0.717) is 26.7 Å². The van der Waals surface area contributed by atoms with Crippen molar-refractivity contribution in [1.29, 1.82) is 0 Å². The van der Waals surface area contributed by atoms with Gasteiger partial charge in [0, 0.05) is 34.9 Å². The fourth-order valence-corrected chi connectivity index (χ4v) is 2.55. The second-order valence-corrected chi connectivity index (χ2v) is 5.19. The smallest absolute Gasteiger partial charge is 0.335 e. The van der Waals surface area contributed by atoms with Crippen molar-refractivity contribution in [3.63, 3.8) is 0 Å². The number of hydrogen-bond donors (Lipinski definition) is 1. The van der Waals surface area contributed by atoms with Crippen molar-refractivity contribution < 1.29 is 9.90 Å². The highest BCUT2D eigenvalue weighted by Crippen LogP contribution is 2.34. The largest absolute Gasteiger partial charge is 0.478 e. The Labute approximate surface area is 130 Å². The van der Waals surface area contributed by atoms with E-state index in [-0.39, 0.29) is 5.56 Å². The van der Waals surface area contributed by atoms with Crippen molar-refractivity contribution in [3.8, 4) is 11.3 Å². The zero-order valence-corrected chi connectivity index (χ0v) is 12.1.